The molecule has 2 aromatic carbocycles. The van der Waals surface area contributed by atoms with Crippen LogP contribution in [0.3, 0.4) is 0 Å². The molecule has 232 valence electrons. The third-order valence-electron chi connectivity index (χ3n) is 7.66. The van der Waals surface area contributed by atoms with E-state index in [4.69, 9.17) is 17.2 Å². The van der Waals surface area contributed by atoms with Crippen molar-refractivity contribution >= 4 is 22.6 Å². The summed E-state index contributed by atoms with van der Waals surface area (Å²) in [5, 5.41) is 3.64. The van der Waals surface area contributed by atoms with Crippen molar-refractivity contribution in [2.75, 3.05) is 39.3 Å². The summed E-state index contributed by atoms with van der Waals surface area (Å²) in [6.07, 6.45) is -0.0360. The van der Waals surface area contributed by atoms with Gasteiger partial charge in [-0.25, -0.2) is 0 Å². The minimum absolute atomic E-state index is 0.0155. The number of alkyl halides is 3. The third-order valence-corrected chi connectivity index (χ3v) is 7.66. The number of hydrogen-bond acceptors (Lipinski definition) is 6. The van der Waals surface area contributed by atoms with Gasteiger partial charge in [0.15, 0.2) is 5.78 Å². The molecule has 0 aliphatic heterocycles. The van der Waals surface area contributed by atoms with E-state index in [0.29, 0.717) is 54.6 Å². The van der Waals surface area contributed by atoms with E-state index in [2.05, 4.69) is 16.9 Å². The van der Waals surface area contributed by atoms with Gasteiger partial charge < -0.3 is 27.0 Å². The van der Waals surface area contributed by atoms with E-state index in [1.807, 2.05) is 36.4 Å². The lowest BCUT2D eigenvalue weighted by Gasteiger charge is -2.37. The Morgan fingerprint density at radius 2 is 1.67 bits per heavy atom. The second-order valence-electron chi connectivity index (χ2n) is 10.9. The first-order chi connectivity index (χ1) is 20.5. The van der Waals surface area contributed by atoms with Crippen LogP contribution >= 0.6 is 0 Å². The number of amides is 1. The molecular weight excluding hydrogens is 557 g/mol. The first-order valence-electron chi connectivity index (χ1n) is 14.4. The van der Waals surface area contributed by atoms with Crippen molar-refractivity contribution in [3.05, 3.63) is 90.1 Å². The second kappa shape index (κ2) is 15.7. The van der Waals surface area contributed by atoms with E-state index in [-0.39, 0.29) is 18.6 Å². The van der Waals surface area contributed by atoms with Gasteiger partial charge in [-0.2, -0.15) is 13.2 Å². The number of carbonyl (C=O) groups excluding carboxylic acids is 2. The molecule has 0 aliphatic rings. The maximum absolute atomic E-state index is 13.5. The molecule has 0 unspecified atom stereocenters. The topological polar surface area (TPSA) is 137 Å². The van der Waals surface area contributed by atoms with E-state index in [0.717, 1.165) is 36.1 Å². The zero-order valence-electron chi connectivity index (χ0n) is 24.4. The molecule has 11 heteroatoms. The summed E-state index contributed by atoms with van der Waals surface area (Å²) in [6.45, 7) is 7.67. The van der Waals surface area contributed by atoms with Crippen molar-refractivity contribution in [3.63, 3.8) is 0 Å². The van der Waals surface area contributed by atoms with Crippen LogP contribution in [0, 0.1) is 0 Å². The summed E-state index contributed by atoms with van der Waals surface area (Å²) in [6, 6.07) is 12.0. The maximum Gasteiger partial charge on any atom is 0.416 e. The Morgan fingerprint density at radius 3 is 2.30 bits per heavy atom. The Balaban J connectivity index is 1.73. The SMILES string of the molecule is C=CC[N+](CCN)(CCN)CCC[C@H](N)C(=O)N[C@H](Cc1ccc(C(F)(F)F)cc1)C(=O)Cc1cnc2ccccc2c1. The number of quaternary nitrogens is 1. The smallest absolute Gasteiger partial charge is 0.345 e. The van der Waals surface area contributed by atoms with E-state index in [1.54, 1.807) is 6.20 Å². The van der Waals surface area contributed by atoms with Crippen LogP contribution < -0.4 is 22.5 Å². The maximum atomic E-state index is 13.5. The van der Waals surface area contributed by atoms with Crippen LogP contribution in [0.25, 0.3) is 10.9 Å². The number of benzene rings is 2. The molecule has 1 heterocycles. The number of carbonyl (C=O) groups is 2. The highest BCUT2D eigenvalue weighted by Crippen LogP contribution is 2.29. The fourth-order valence-corrected chi connectivity index (χ4v) is 5.34. The van der Waals surface area contributed by atoms with E-state index in [1.165, 1.54) is 12.1 Å². The van der Waals surface area contributed by atoms with Gasteiger partial charge in [-0.3, -0.25) is 14.6 Å². The standard InChI is InChI=1S/C32H41F3N6O2/c1-2-15-41(17-13-36,18-14-37)16-5-7-27(38)31(43)40-29(20-23-9-11-26(12-10-23)32(33,34)35)30(42)21-24-19-25-6-3-4-8-28(25)39-22-24/h2-4,6,8-12,19,22,27,29H,1,5,7,13-18,20-21,36-38H2/p+1/t27-,29+/m0/s1. The number of aromatic nitrogens is 1. The number of ketones is 1. The fraction of sp³-hybridized carbons (Fsp3) is 0.406. The lowest BCUT2D eigenvalue weighted by atomic mass is 9.96. The highest BCUT2D eigenvalue weighted by molar-refractivity contribution is 5.92. The molecule has 0 bridgehead atoms. The number of nitrogens with two attached hydrogens (primary N) is 3. The van der Waals surface area contributed by atoms with Crippen LogP contribution in [0.2, 0.25) is 0 Å². The van der Waals surface area contributed by atoms with Gasteiger partial charge in [-0.1, -0.05) is 36.9 Å². The Kier molecular flexibility index (Phi) is 12.4. The number of nitrogens with one attached hydrogen (secondary N) is 1. The van der Waals surface area contributed by atoms with Gasteiger partial charge >= 0.3 is 6.18 Å². The first kappa shape index (κ1) is 33.9. The number of nitrogens with zero attached hydrogens (tertiary/aromatic N) is 2. The van der Waals surface area contributed by atoms with Crippen LogP contribution in [0.15, 0.2) is 73.4 Å². The fourth-order valence-electron chi connectivity index (χ4n) is 5.34. The van der Waals surface area contributed by atoms with Crippen molar-refractivity contribution < 1.29 is 27.2 Å². The number of fused-ring (bicyclic) bond motifs is 1. The first-order valence-corrected chi connectivity index (χ1v) is 14.4. The van der Waals surface area contributed by atoms with Gasteiger partial charge in [0.05, 0.1) is 49.3 Å². The molecule has 8 nitrogen and oxygen atoms in total. The minimum Gasteiger partial charge on any atom is -0.345 e. The summed E-state index contributed by atoms with van der Waals surface area (Å²) in [5.74, 6) is -0.800. The van der Waals surface area contributed by atoms with Gasteiger partial charge in [-0.15, -0.1) is 0 Å². The average Bonchev–Trinajstić information content (AvgIpc) is 2.97. The summed E-state index contributed by atoms with van der Waals surface area (Å²) in [4.78, 5) is 31.1. The molecule has 0 saturated carbocycles. The van der Waals surface area contributed by atoms with Gasteiger partial charge in [0.25, 0.3) is 0 Å². The molecule has 3 aromatic rings. The van der Waals surface area contributed by atoms with Crippen molar-refractivity contribution in [2.24, 2.45) is 17.2 Å². The summed E-state index contributed by atoms with van der Waals surface area (Å²) in [5.41, 5.74) is 19.1. The summed E-state index contributed by atoms with van der Waals surface area (Å²) < 4.78 is 39.9. The van der Waals surface area contributed by atoms with Gasteiger partial charge in [-0.05, 0) is 60.7 Å². The van der Waals surface area contributed by atoms with Crippen LogP contribution in [-0.2, 0) is 28.6 Å². The highest BCUT2D eigenvalue weighted by atomic mass is 19.4. The highest BCUT2D eigenvalue weighted by Gasteiger charge is 2.31. The van der Waals surface area contributed by atoms with Gasteiger partial charge in [0, 0.05) is 31.1 Å². The zero-order chi connectivity index (χ0) is 31.5. The number of pyridine rings is 1. The Morgan fingerprint density at radius 1 is 1.00 bits per heavy atom. The van der Waals surface area contributed by atoms with Crippen molar-refractivity contribution in [1.82, 2.24) is 10.3 Å². The Bertz CT molecular complexity index is 1360. The number of hydrogen-bond donors (Lipinski definition) is 4. The quantitative estimate of drug-likeness (QED) is 0.139. The molecular formula is C32H42F3N6O2+. The summed E-state index contributed by atoms with van der Waals surface area (Å²) in [7, 11) is 0. The second-order valence-corrected chi connectivity index (χ2v) is 10.9. The van der Waals surface area contributed by atoms with Crippen molar-refractivity contribution in [1.29, 1.82) is 0 Å². The van der Waals surface area contributed by atoms with E-state index in [9.17, 15) is 22.8 Å². The van der Waals surface area contributed by atoms with E-state index < -0.39 is 29.7 Å². The number of para-hydroxylation sites is 1. The molecule has 0 fully saturated rings. The van der Waals surface area contributed by atoms with Gasteiger partial charge in [0.2, 0.25) is 5.91 Å². The predicted octanol–water partition coefficient (Wildman–Crippen LogP) is 3.12. The van der Waals surface area contributed by atoms with Gasteiger partial charge in [0.1, 0.15) is 0 Å². The molecule has 0 aliphatic carbocycles. The van der Waals surface area contributed by atoms with Crippen LogP contribution in [-0.4, -0.2) is 72.5 Å². The van der Waals surface area contributed by atoms with Crippen molar-refractivity contribution in [3.8, 4) is 0 Å². The zero-order valence-corrected chi connectivity index (χ0v) is 24.4. The monoisotopic (exact) mass is 599 g/mol. The predicted molar refractivity (Wildman–Crippen MR) is 163 cm³/mol. The molecule has 0 spiro atoms. The summed E-state index contributed by atoms with van der Waals surface area (Å²) >= 11 is 0. The number of halogens is 3. The molecule has 1 amide bonds. The molecule has 2 atom stereocenters. The molecule has 7 N–H and O–H groups in total. The Hall–Kier alpha value is -3.64. The largest absolute Gasteiger partial charge is 0.416 e. The third kappa shape index (κ3) is 9.96. The number of Topliss-reactive ketones (excluding diaryl/α,β-unsaturated/α-hetero) is 1. The van der Waals surface area contributed by atoms with Crippen LogP contribution in [0.5, 0.6) is 0 Å². The molecule has 3 rings (SSSR count). The molecule has 0 radical (unpaired) electrons. The molecule has 0 saturated heterocycles. The number of rotatable bonds is 17. The lowest BCUT2D eigenvalue weighted by molar-refractivity contribution is -0.920. The normalized spacial score (nSPS) is 13.4. The Labute approximate surface area is 250 Å². The van der Waals surface area contributed by atoms with Crippen LogP contribution in [0.4, 0.5) is 13.2 Å². The average molecular weight is 600 g/mol. The van der Waals surface area contributed by atoms with Crippen LogP contribution in [0.1, 0.15) is 29.5 Å². The minimum atomic E-state index is -4.48. The van der Waals surface area contributed by atoms with E-state index >= 15 is 0 Å². The molecule has 1 aromatic heterocycles. The lowest BCUT2D eigenvalue weighted by Crippen LogP contribution is -2.54. The van der Waals surface area contributed by atoms with Crippen molar-refractivity contribution in [2.45, 2.75) is 43.9 Å². The molecule has 43 heavy (non-hydrogen) atoms.